The molecule has 0 amide bonds. The number of aromatic amines is 1. The van der Waals surface area contributed by atoms with Gasteiger partial charge in [0.05, 0.1) is 24.6 Å². The average Bonchev–Trinajstić information content (AvgIpc) is 2.78. The molecule has 0 bridgehead atoms. The molecule has 166 valence electrons. The summed E-state index contributed by atoms with van der Waals surface area (Å²) in [5.74, 6) is -0.669. The Morgan fingerprint density at radius 2 is 1.90 bits per heavy atom. The fourth-order valence-electron chi connectivity index (χ4n) is 2.69. The fourth-order valence-corrected chi connectivity index (χ4v) is 2.69. The van der Waals surface area contributed by atoms with Crippen LogP contribution in [0.4, 0.5) is 4.39 Å². The number of methoxy groups -OCH3 is 1. The third-order valence-corrected chi connectivity index (χ3v) is 4.32. The first-order valence-electron chi connectivity index (χ1n) is 9.56. The van der Waals surface area contributed by atoms with Crippen molar-refractivity contribution in [2.45, 2.75) is 19.4 Å². The van der Waals surface area contributed by atoms with E-state index in [1.807, 2.05) is 6.92 Å². The van der Waals surface area contributed by atoms with Crippen LogP contribution in [-0.4, -0.2) is 47.5 Å². The number of aliphatic carboxylic acids is 1. The Balaban J connectivity index is 0.000000423. The third-order valence-electron chi connectivity index (χ3n) is 4.32. The van der Waals surface area contributed by atoms with Gasteiger partial charge in [0.15, 0.2) is 11.5 Å². The van der Waals surface area contributed by atoms with E-state index in [-0.39, 0.29) is 17.4 Å². The molecular weight excluding hydrogens is 407 g/mol. The van der Waals surface area contributed by atoms with Crippen molar-refractivity contribution < 1.29 is 28.9 Å². The number of ether oxygens (including phenoxy) is 2. The summed E-state index contributed by atoms with van der Waals surface area (Å²) in [5, 5.41) is 16.1. The highest BCUT2D eigenvalue weighted by atomic mass is 19.1. The van der Waals surface area contributed by atoms with Gasteiger partial charge in [-0.15, -0.1) is 0 Å². The zero-order chi connectivity index (χ0) is 23.0. The number of aromatic nitrogens is 1. The largest absolute Gasteiger partial charge is 0.497 e. The molecule has 0 spiro atoms. The molecule has 1 unspecified atom stereocenters. The first-order valence-corrected chi connectivity index (χ1v) is 9.56. The number of fused-ring (bicyclic) bond motifs is 1. The van der Waals surface area contributed by atoms with Crippen LogP contribution in [0.5, 0.6) is 11.5 Å². The second kappa shape index (κ2) is 11.1. The SMILES string of the molecule is CCCOc1ccc(F)c2c(=O)c(-c3ccc(OC)cc3)c[nH]c12.NCC(O)C(=O)O. The predicted molar refractivity (Wildman–Crippen MR) is 115 cm³/mol. The molecule has 3 rings (SSSR count). The Morgan fingerprint density at radius 3 is 2.42 bits per heavy atom. The number of hydrogen-bond donors (Lipinski definition) is 4. The molecule has 1 atom stereocenters. The van der Waals surface area contributed by atoms with E-state index in [1.165, 1.54) is 12.1 Å². The average molecular weight is 432 g/mol. The normalized spacial score (nSPS) is 11.4. The molecule has 0 saturated heterocycles. The highest BCUT2D eigenvalue weighted by molar-refractivity contribution is 5.88. The van der Waals surface area contributed by atoms with Crippen LogP contribution in [0, 0.1) is 5.82 Å². The quantitative estimate of drug-likeness (QED) is 0.451. The van der Waals surface area contributed by atoms with E-state index in [4.69, 9.17) is 25.4 Å². The van der Waals surface area contributed by atoms with Crippen molar-refractivity contribution in [3.63, 3.8) is 0 Å². The zero-order valence-corrected chi connectivity index (χ0v) is 17.2. The van der Waals surface area contributed by atoms with E-state index >= 15 is 0 Å². The monoisotopic (exact) mass is 432 g/mol. The maximum absolute atomic E-state index is 14.3. The molecule has 31 heavy (non-hydrogen) atoms. The highest BCUT2D eigenvalue weighted by Crippen LogP contribution is 2.27. The maximum atomic E-state index is 14.3. The molecule has 3 aromatic rings. The van der Waals surface area contributed by atoms with E-state index < -0.39 is 17.9 Å². The Labute approximate surface area is 178 Å². The predicted octanol–water partition coefficient (Wildman–Crippen LogP) is 2.52. The smallest absolute Gasteiger partial charge is 0.333 e. The van der Waals surface area contributed by atoms with Gasteiger partial charge in [-0.05, 0) is 36.2 Å². The minimum absolute atomic E-state index is 0.0110. The number of carbonyl (C=O) groups is 1. The molecule has 1 heterocycles. The van der Waals surface area contributed by atoms with Crippen molar-refractivity contribution in [1.82, 2.24) is 4.98 Å². The van der Waals surface area contributed by atoms with Gasteiger partial charge in [0.2, 0.25) is 0 Å². The molecule has 0 aliphatic carbocycles. The van der Waals surface area contributed by atoms with Gasteiger partial charge in [-0.2, -0.15) is 0 Å². The van der Waals surface area contributed by atoms with Crippen molar-refractivity contribution in [1.29, 1.82) is 0 Å². The summed E-state index contributed by atoms with van der Waals surface area (Å²) in [6.07, 6.45) is 1.01. The number of carboxylic acid groups (broad SMARTS) is 1. The summed E-state index contributed by atoms with van der Waals surface area (Å²) < 4.78 is 25.0. The summed E-state index contributed by atoms with van der Waals surface area (Å²) in [4.78, 5) is 25.4. The topological polar surface area (TPSA) is 135 Å². The van der Waals surface area contributed by atoms with E-state index in [9.17, 15) is 14.0 Å². The number of pyridine rings is 1. The molecule has 8 nitrogen and oxygen atoms in total. The second-order valence-corrected chi connectivity index (χ2v) is 6.49. The molecule has 0 aliphatic heterocycles. The van der Waals surface area contributed by atoms with Gasteiger partial charge in [-0.1, -0.05) is 19.1 Å². The number of benzene rings is 2. The number of nitrogens with two attached hydrogens (primary N) is 1. The van der Waals surface area contributed by atoms with E-state index in [0.29, 0.717) is 34.7 Å². The lowest BCUT2D eigenvalue weighted by atomic mass is 10.0. The summed E-state index contributed by atoms with van der Waals surface area (Å²) in [7, 11) is 1.57. The van der Waals surface area contributed by atoms with Gasteiger partial charge >= 0.3 is 5.97 Å². The molecule has 9 heteroatoms. The van der Waals surface area contributed by atoms with Crippen LogP contribution in [0.25, 0.3) is 22.0 Å². The summed E-state index contributed by atoms with van der Waals surface area (Å²) in [6, 6.07) is 9.86. The van der Waals surface area contributed by atoms with Gasteiger partial charge in [0.1, 0.15) is 17.3 Å². The summed E-state index contributed by atoms with van der Waals surface area (Å²) in [5.41, 5.74) is 5.85. The van der Waals surface area contributed by atoms with Gasteiger partial charge in [0, 0.05) is 18.3 Å². The van der Waals surface area contributed by atoms with Crippen LogP contribution < -0.4 is 20.6 Å². The lowest BCUT2D eigenvalue weighted by Crippen LogP contribution is -2.28. The Bertz CT molecular complexity index is 1080. The number of nitrogens with one attached hydrogen (secondary N) is 1. The fraction of sp³-hybridized carbons (Fsp3) is 0.273. The second-order valence-electron chi connectivity index (χ2n) is 6.49. The minimum atomic E-state index is -1.40. The number of aliphatic hydroxyl groups is 1. The number of hydrogen-bond acceptors (Lipinski definition) is 6. The number of carboxylic acids is 1. The zero-order valence-electron chi connectivity index (χ0n) is 17.2. The van der Waals surface area contributed by atoms with Gasteiger partial charge in [-0.3, -0.25) is 4.79 Å². The number of rotatable bonds is 7. The first-order chi connectivity index (χ1) is 14.8. The van der Waals surface area contributed by atoms with Crippen molar-refractivity contribution in [3.8, 4) is 22.6 Å². The lowest BCUT2D eigenvalue weighted by molar-refractivity contribution is -0.145. The molecule has 1 aromatic heterocycles. The molecular formula is C22H25FN2O6. The molecule has 5 N–H and O–H groups in total. The number of aliphatic hydroxyl groups excluding tert-OH is 1. The van der Waals surface area contributed by atoms with Crippen LogP contribution in [0.1, 0.15) is 13.3 Å². The summed E-state index contributed by atoms with van der Waals surface area (Å²) >= 11 is 0. The Kier molecular flexibility index (Phi) is 8.53. The molecule has 0 fully saturated rings. The lowest BCUT2D eigenvalue weighted by Gasteiger charge is -2.10. The van der Waals surface area contributed by atoms with Gasteiger partial charge < -0.3 is 30.4 Å². The van der Waals surface area contributed by atoms with Crippen LogP contribution in [0.15, 0.2) is 47.4 Å². The van der Waals surface area contributed by atoms with Crippen molar-refractivity contribution in [2.75, 3.05) is 20.3 Å². The van der Waals surface area contributed by atoms with E-state index in [2.05, 4.69) is 4.98 Å². The van der Waals surface area contributed by atoms with Crippen molar-refractivity contribution in [2.24, 2.45) is 5.73 Å². The van der Waals surface area contributed by atoms with Crippen molar-refractivity contribution >= 4 is 16.9 Å². The van der Waals surface area contributed by atoms with Crippen LogP contribution >= 0.6 is 0 Å². The number of H-pyrrole nitrogens is 1. The van der Waals surface area contributed by atoms with Gasteiger partial charge in [0.25, 0.3) is 0 Å². The summed E-state index contributed by atoms with van der Waals surface area (Å²) in [6.45, 7) is 2.26. The Hall–Kier alpha value is -3.43. The molecule has 2 aromatic carbocycles. The number of halogens is 1. The van der Waals surface area contributed by atoms with Crippen molar-refractivity contribution in [3.05, 3.63) is 58.6 Å². The van der Waals surface area contributed by atoms with E-state index in [0.717, 1.165) is 6.42 Å². The van der Waals surface area contributed by atoms with Crippen LogP contribution in [-0.2, 0) is 4.79 Å². The molecule has 0 aliphatic rings. The van der Waals surface area contributed by atoms with Crippen LogP contribution in [0.3, 0.4) is 0 Å². The Morgan fingerprint density at radius 1 is 1.23 bits per heavy atom. The maximum Gasteiger partial charge on any atom is 0.333 e. The van der Waals surface area contributed by atoms with Gasteiger partial charge in [-0.25, -0.2) is 9.18 Å². The third kappa shape index (κ3) is 5.80. The van der Waals surface area contributed by atoms with E-state index in [1.54, 1.807) is 37.6 Å². The standard InChI is InChI=1S/C19H18FNO3.C3H7NO3/c1-3-10-24-16-9-8-15(20)17-18(16)21-11-14(19(17)22)12-4-6-13(23-2)7-5-12;4-1-2(5)3(6)7/h4-9,11H,3,10H2,1-2H3,(H,21,22);2,5H,1,4H2,(H,6,7). The highest BCUT2D eigenvalue weighted by Gasteiger charge is 2.15. The molecule has 0 saturated carbocycles. The first kappa shape index (κ1) is 23.8. The van der Waals surface area contributed by atoms with Crippen LogP contribution in [0.2, 0.25) is 0 Å². The molecule has 0 radical (unpaired) electrons. The minimum Gasteiger partial charge on any atom is -0.497 e.